The SMILES string of the molecule is O=c1c2cccnc2ncn1Cc1nc(-c2ccoc2)no1. The number of nitrogens with zero attached hydrogens (tertiary/aromatic N) is 5. The average molecular weight is 295 g/mol. The monoisotopic (exact) mass is 295 g/mol. The van der Waals surface area contributed by atoms with Crippen molar-refractivity contribution in [3.63, 3.8) is 0 Å². The summed E-state index contributed by atoms with van der Waals surface area (Å²) in [4.78, 5) is 24.8. The van der Waals surface area contributed by atoms with Crippen molar-refractivity contribution < 1.29 is 8.94 Å². The zero-order valence-corrected chi connectivity index (χ0v) is 11.2. The molecule has 0 unspecified atom stereocenters. The van der Waals surface area contributed by atoms with E-state index in [1.54, 1.807) is 24.4 Å². The molecule has 0 aliphatic rings. The highest BCUT2D eigenvalue weighted by molar-refractivity contribution is 5.72. The van der Waals surface area contributed by atoms with Gasteiger partial charge in [0.05, 0.1) is 17.2 Å². The van der Waals surface area contributed by atoms with E-state index in [1.165, 1.54) is 23.4 Å². The lowest BCUT2D eigenvalue weighted by Gasteiger charge is -2.02. The fraction of sp³-hybridized carbons (Fsp3) is 0.0714. The minimum Gasteiger partial charge on any atom is -0.472 e. The van der Waals surface area contributed by atoms with E-state index in [0.29, 0.717) is 28.3 Å². The van der Waals surface area contributed by atoms with Crippen LogP contribution in [0.15, 0.2) is 57.0 Å². The standard InChI is InChI=1S/C14H9N5O3/c20-14-10-2-1-4-15-13(10)16-8-19(14)6-11-17-12(18-22-11)9-3-5-21-7-9/h1-5,7-8H,6H2. The van der Waals surface area contributed by atoms with E-state index in [-0.39, 0.29) is 12.1 Å². The van der Waals surface area contributed by atoms with Gasteiger partial charge in [0.1, 0.15) is 19.1 Å². The fourth-order valence-electron chi connectivity index (χ4n) is 2.08. The Morgan fingerprint density at radius 2 is 2.18 bits per heavy atom. The minimum atomic E-state index is -0.207. The molecule has 108 valence electrons. The van der Waals surface area contributed by atoms with Crippen LogP contribution in [0.1, 0.15) is 5.89 Å². The maximum Gasteiger partial charge on any atom is 0.263 e. The molecule has 4 aromatic heterocycles. The Morgan fingerprint density at radius 1 is 1.23 bits per heavy atom. The van der Waals surface area contributed by atoms with Crippen molar-refractivity contribution in [2.24, 2.45) is 0 Å². The summed E-state index contributed by atoms with van der Waals surface area (Å²) in [7, 11) is 0. The molecular formula is C14H9N5O3. The molecule has 4 rings (SSSR count). The van der Waals surface area contributed by atoms with Gasteiger partial charge >= 0.3 is 0 Å². The van der Waals surface area contributed by atoms with E-state index in [9.17, 15) is 4.79 Å². The van der Waals surface area contributed by atoms with Crippen molar-refractivity contribution in [1.82, 2.24) is 24.7 Å². The predicted molar refractivity (Wildman–Crippen MR) is 74.9 cm³/mol. The van der Waals surface area contributed by atoms with Crippen LogP contribution in [0.3, 0.4) is 0 Å². The van der Waals surface area contributed by atoms with Crippen molar-refractivity contribution >= 4 is 11.0 Å². The molecule has 4 aromatic rings. The molecule has 8 heteroatoms. The third-order valence-corrected chi connectivity index (χ3v) is 3.15. The molecule has 0 spiro atoms. The molecule has 0 aliphatic heterocycles. The molecule has 0 saturated carbocycles. The molecule has 4 heterocycles. The van der Waals surface area contributed by atoms with Crippen LogP contribution in [0, 0.1) is 0 Å². The molecular weight excluding hydrogens is 286 g/mol. The van der Waals surface area contributed by atoms with E-state index in [2.05, 4.69) is 20.1 Å². The van der Waals surface area contributed by atoms with E-state index in [4.69, 9.17) is 8.94 Å². The summed E-state index contributed by atoms with van der Waals surface area (Å²) in [5.41, 5.74) is 0.915. The second-order valence-corrected chi connectivity index (χ2v) is 4.58. The fourth-order valence-corrected chi connectivity index (χ4v) is 2.08. The Bertz CT molecular complexity index is 987. The van der Waals surface area contributed by atoms with Crippen molar-refractivity contribution in [3.8, 4) is 11.4 Å². The van der Waals surface area contributed by atoms with Crippen LogP contribution in [0.2, 0.25) is 0 Å². The van der Waals surface area contributed by atoms with Gasteiger partial charge in [-0.15, -0.1) is 0 Å². The van der Waals surface area contributed by atoms with Crippen LogP contribution in [0.25, 0.3) is 22.4 Å². The maximum atomic E-state index is 12.3. The lowest BCUT2D eigenvalue weighted by molar-refractivity contribution is 0.369. The zero-order valence-electron chi connectivity index (χ0n) is 11.2. The van der Waals surface area contributed by atoms with E-state index >= 15 is 0 Å². The third kappa shape index (κ3) is 2.06. The van der Waals surface area contributed by atoms with Crippen molar-refractivity contribution in [2.75, 3.05) is 0 Å². The van der Waals surface area contributed by atoms with Gasteiger partial charge in [-0.25, -0.2) is 9.97 Å². The predicted octanol–water partition coefficient (Wildman–Crippen LogP) is 1.48. The molecule has 0 saturated heterocycles. The summed E-state index contributed by atoms with van der Waals surface area (Å²) in [5.74, 6) is 0.718. The third-order valence-electron chi connectivity index (χ3n) is 3.15. The van der Waals surface area contributed by atoms with Crippen molar-refractivity contribution in [2.45, 2.75) is 6.54 Å². The largest absolute Gasteiger partial charge is 0.472 e. The normalized spacial score (nSPS) is 11.1. The van der Waals surface area contributed by atoms with Crippen LogP contribution in [0.5, 0.6) is 0 Å². The molecule has 0 amide bonds. The first-order valence-electron chi connectivity index (χ1n) is 6.46. The zero-order chi connectivity index (χ0) is 14.9. The lowest BCUT2D eigenvalue weighted by Crippen LogP contribution is -2.21. The number of hydrogen-bond acceptors (Lipinski definition) is 7. The van der Waals surface area contributed by atoms with Crippen LogP contribution in [-0.2, 0) is 6.54 Å². The summed E-state index contributed by atoms with van der Waals surface area (Å²) in [6.07, 6.45) is 6.05. The Kier molecular flexibility index (Phi) is 2.78. The van der Waals surface area contributed by atoms with E-state index in [0.717, 1.165) is 0 Å². The first-order valence-corrected chi connectivity index (χ1v) is 6.46. The number of hydrogen-bond donors (Lipinski definition) is 0. The topological polar surface area (TPSA) is 99.8 Å². The van der Waals surface area contributed by atoms with E-state index in [1.807, 2.05) is 0 Å². The number of rotatable bonds is 3. The molecule has 0 fully saturated rings. The van der Waals surface area contributed by atoms with Gasteiger partial charge in [0.15, 0.2) is 5.65 Å². The molecule has 22 heavy (non-hydrogen) atoms. The van der Waals surface area contributed by atoms with Crippen LogP contribution < -0.4 is 5.56 Å². The van der Waals surface area contributed by atoms with Gasteiger partial charge in [-0.1, -0.05) is 5.16 Å². The highest BCUT2D eigenvalue weighted by Crippen LogP contribution is 2.15. The van der Waals surface area contributed by atoms with Crippen molar-refractivity contribution in [3.05, 3.63) is 59.5 Å². The van der Waals surface area contributed by atoms with Crippen LogP contribution >= 0.6 is 0 Å². The molecule has 0 atom stereocenters. The highest BCUT2D eigenvalue weighted by atomic mass is 16.5. The maximum absolute atomic E-state index is 12.3. The quantitative estimate of drug-likeness (QED) is 0.564. The summed E-state index contributed by atoms with van der Waals surface area (Å²) < 4.78 is 11.5. The van der Waals surface area contributed by atoms with Gasteiger partial charge in [0.2, 0.25) is 11.7 Å². The first kappa shape index (κ1) is 12.5. The van der Waals surface area contributed by atoms with Gasteiger partial charge in [-0.2, -0.15) is 4.98 Å². The summed E-state index contributed by atoms with van der Waals surface area (Å²) in [6.45, 7) is 0.140. The highest BCUT2D eigenvalue weighted by Gasteiger charge is 2.12. The Morgan fingerprint density at radius 3 is 3.05 bits per heavy atom. The summed E-state index contributed by atoms with van der Waals surface area (Å²) in [5, 5.41) is 4.30. The lowest BCUT2D eigenvalue weighted by atomic mass is 10.3. The number of furan rings is 1. The van der Waals surface area contributed by atoms with Gasteiger partial charge in [0.25, 0.3) is 5.56 Å². The molecule has 0 aliphatic carbocycles. The van der Waals surface area contributed by atoms with Gasteiger partial charge in [-0.05, 0) is 18.2 Å². The molecule has 0 N–H and O–H groups in total. The summed E-state index contributed by atoms with van der Waals surface area (Å²) in [6, 6.07) is 5.10. The number of fused-ring (bicyclic) bond motifs is 1. The Balaban J connectivity index is 1.69. The Hall–Kier alpha value is -3.29. The van der Waals surface area contributed by atoms with Crippen LogP contribution in [-0.4, -0.2) is 24.7 Å². The average Bonchev–Trinajstić information content (AvgIpc) is 3.21. The Labute approximate surface area is 123 Å². The number of aromatic nitrogens is 5. The van der Waals surface area contributed by atoms with Gasteiger partial charge in [0, 0.05) is 6.20 Å². The minimum absolute atomic E-state index is 0.140. The first-order chi connectivity index (χ1) is 10.8. The second-order valence-electron chi connectivity index (χ2n) is 4.58. The molecule has 0 aromatic carbocycles. The van der Waals surface area contributed by atoms with Gasteiger partial charge < -0.3 is 8.94 Å². The van der Waals surface area contributed by atoms with Crippen molar-refractivity contribution in [1.29, 1.82) is 0 Å². The summed E-state index contributed by atoms with van der Waals surface area (Å²) >= 11 is 0. The van der Waals surface area contributed by atoms with Crippen LogP contribution in [0.4, 0.5) is 0 Å². The van der Waals surface area contributed by atoms with E-state index < -0.39 is 0 Å². The molecule has 0 bridgehead atoms. The second kappa shape index (κ2) is 4.92. The molecule has 0 radical (unpaired) electrons. The van der Waals surface area contributed by atoms with Gasteiger partial charge in [-0.3, -0.25) is 9.36 Å². The smallest absolute Gasteiger partial charge is 0.263 e. The molecule has 8 nitrogen and oxygen atoms in total. The number of pyridine rings is 1.